The predicted octanol–water partition coefficient (Wildman–Crippen LogP) is 10.9. The molecule has 5 aromatic rings. The molecule has 0 heterocycles. The second-order valence-electron chi connectivity index (χ2n) is 8.87. The second-order valence-corrected chi connectivity index (χ2v) is 8.87. The third kappa shape index (κ3) is 6.60. The normalized spacial score (nSPS) is 10.4. The molecule has 0 N–H and O–H groups in total. The fourth-order valence-electron chi connectivity index (χ4n) is 4.43. The summed E-state index contributed by atoms with van der Waals surface area (Å²) in [4.78, 5) is 2.13. The largest absolute Gasteiger partial charge is 0.311 e. The van der Waals surface area contributed by atoms with Crippen molar-refractivity contribution in [3.05, 3.63) is 184 Å². The molecule has 0 aliphatic rings. The SMILES string of the molecule is C=C/C=C\C=C.C=CC(=C)N(c1ccc(-c2ccccc2)cc1)c1ccc(-c2cccc3ccccc23)cc1. The second kappa shape index (κ2) is 13.4. The molecule has 0 aromatic heterocycles. The lowest BCUT2D eigenvalue weighted by Crippen LogP contribution is -2.13. The van der Waals surface area contributed by atoms with Crippen LogP contribution in [0.1, 0.15) is 0 Å². The molecular formula is C38H33N. The molecule has 0 bridgehead atoms. The van der Waals surface area contributed by atoms with E-state index in [2.05, 4.69) is 146 Å². The van der Waals surface area contributed by atoms with E-state index in [0.29, 0.717) is 0 Å². The Morgan fingerprint density at radius 3 is 1.62 bits per heavy atom. The highest BCUT2D eigenvalue weighted by Gasteiger charge is 2.12. The Bertz CT molecular complexity index is 1570. The van der Waals surface area contributed by atoms with Gasteiger partial charge in [0.15, 0.2) is 0 Å². The molecule has 0 fully saturated rings. The van der Waals surface area contributed by atoms with Crippen LogP contribution in [-0.4, -0.2) is 0 Å². The van der Waals surface area contributed by atoms with Gasteiger partial charge in [0, 0.05) is 17.1 Å². The third-order valence-electron chi connectivity index (χ3n) is 6.36. The first-order valence-corrected chi connectivity index (χ1v) is 12.9. The average Bonchev–Trinajstić information content (AvgIpc) is 3.01. The number of hydrogen-bond donors (Lipinski definition) is 0. The van der Waals surface area contributed by atoms with Crippen LogP contribution in [0.15, 0.2) is 184 Å². The van der Waals surface area contributed by atoms with E-state index in [-0.39, 0.29) is 0 Å². The van der Waals surface area contributed by atoms with E-state index in [0.717, 1.165) is 17.1 Å². The van der Waals surface area contributed by atoms with Gasteiger partial charge < -0.3 is 4.90 Å². The van der Waals surface area contributed by atoms with E-state index in [1.807, 2.05) is 18.2 Å². The van der Waals surface area contributed by atoms with Gasteiger partial charge in [-0.25, -0.2) is 0 Å². The molecule has 0 unspecified atom stereocenters. The van der Waals surface area contributed by atoms with Gasteiger partial charge in [-0.3, -0.25) is 0 Å². The van der Waals surface area contributed by atoms with Crippen LogP contribution in [0.2, 0.25) is 0 Å². The number of nitrogens with zero attached hydrogens (tertiary/aromatic N) is 1. The van der Waals surface area contributed by atoms with E-state index >= 15 is 0 Å². The van der Waals surface area contributed by atoms with Crippen molar-refractivity contribution in [3.8, 4) is 22.3 Å². The Labute approximate surface area is 232 Å². The van der Waals surface area contributed by atoms with Crippen LogP contribution in [0.3, 0.4) is 0 Å². The Morgan fingerprint density at radius 2 is 1.03 bits per heavy atom. The van der Waals surface area contributed by atoms with E-state index in [1.54, 1.807) is 18.2 Å². The van der Waals surface area contributed by atoms with Crippen molar-refractivity contribution in [3.63, 3.8) is 0 Å². The highest BCUT2D eigenvalue weighted by molar-refractivity contribution is 5.96. The maximum Gasteiger partial charge on any atom is 0.0461 e. The molecule has 190 valence electrons. The quantitative estimate of drug-likeness (QED) is 0.190. The molecule has 0 aliphatic heterocycles. The van der Waals surface area contributed by atoms with Gasteiger partial charge in [-0.05, 0) is 63.4 Å². The molecule has 1 heteroatoms. The fraction of sp³-hybridized carbons (Fsp3) is 0. The highest BCUT2D eigenvalue weighted by Crippen LogP contribution is 2.34. The number of allylic oxidation sites excluding steroid dienone is 5. The average molecular weight is 504 g/mol. The van der Waals surface area contributed by atoms with Crippen molar-refractivity contribution in [2.24, 2.45) is 0 Å². The molecule has 0 radical (unpaired) electrons. The molecule has 0 amide bonds. The van der Waals surface area contributed by atoms with Gasteiger partial charge in [0.1, 0.15) is 0 Å². The van der Waals surface area contributed by atoms with E-state index < -0.39 is 0 Å². The molecule has 0 aliphatic carbocycles. The van der Waals surface area contributed by atoms with E-state index in [1.165, 1.54) is 33.0 Å². The summed E-state index contributed by atoms with van der Waals surface area (Å²) in [5.74, 6) is 0. The monoisotopic (exact) mass is 503 g/mol. The van der Waals surface area contributed by atoms with Crippen molar-refractivity contribution in [1.82, 2.24) is 0 Å². The van der Waals surface area contributed by atoms with Gasteiger partial charge in [0.05, 0.1) is 0 Å². The minimum atomic E-state index is 0.834. The number of fused-ring (bicyclic) bond motifs is 1. The van der Waals surface area contributed by atoms with Crippen LogP contribution in [0.4, 0.5) is 11.4 Å². The van der Waals surface area contributed by atoms with Gasteiger partial charge in [0.2, 0.25) is 0 Å². The van der Waals surface area contributed by atoms with Crippen molar-refractivity contribution in [2.45, 2.75) is 0 Å². The van der Waals surface area contributed by atoms with Gasteiger partial charge in [-0.2, -0.15) is 0 Å². The van der Waals surface area contributed by atoms with Gasteiger partial charge in [-0.1, -0.05) is 148 Å². The molecule has 0 saturated carbocycles. The van der Waals surface area contributed by atoms with Crippen LogP contribution in [0.25, 0.3) is 33.0 Å². The fourth-order valence-corrected chi connectivity index (χ4v) is 4.43. The van der Waals surface area contributed by atoms with E-state index in [9.17, 15) is 0 Å². The molecular weight excluding hydrogens is 470 g/mol. The lowest BCUT2D eigenvalue weighted by molar-refractivity contribution is 1.22. The van der Waals surface area contributed by atoms with Crippen molar-refractivity contribution < 1.29 is 0 Å². The summed E-state index contributed by atoms with van der Waals surface area (Å²) in [6.45, 7) is 15.1. The Hall–Kier alpha value is -5.14. The standard InChI is InChI=1S/C32H25N.C6H8/c1-3-24(2)33(29-20-16-26(17-21-29)25-10-5-4-6-11-25)30-22-18-28(19-23-30)32-15-9-13-27-12-7-8-14-31(27)32;1-3-5-6-4-2/h3-23H,1-2H2;3-6H,1-2H2/b;6-5-. The van der Waals surface area contributed by atoms with Crippen LogP contribution < -0.4 is 4.90 Å². The number of benzene rings is 5. The summed E-state index contributed by atoms with van der Waals surface area (Å²) in [7, 11) is 0. The number of rotatable bonds is 8. The molecule has 5 rings (SSSR count). The zero-order chi connectivity index (χ0) is 27.5. The van der Waals surface area contributed by atoms with Crippen LogP contribution >= 0.6 is 0 Å². The summed E-state index contributed by atoms with van der Waals surface area (Å²) >= 11 is 0. The van der Waals surface area contributed by atoms with Crippen molar-refractivity contribution in [2.75, 3.05) is 4.90 Å². The lowest BCUT2D eigenvalue weighted by Gasteiger charge is -2.26. The maximum atomic E-state index is 4.24. The number of anilines is 2. The first-order chi connectivity index (χ1) is 19.2. The Kier molecular flexibility index (Phi) is 9.26. The van der Waals surface area contributed by atoms with Gasteiger partial charge in [0.25, 0.3) is 0 Å². The summed E-state index contributed by atoms with van der Waals surface area (Å²) in [6.07, 6.45) is 8.87. The molecule has 0 spiro atoms. The van der Waals surface area contributed by atoms with Gasteiger partial charge in [-0.15, -0.1) is 0 Å². The van der Waals surface area contributed by atoms with Crippen molar-refractivity contribution >= 4 is 22.1 Å². The third-order valence-corrected chi connectivity index (χ3v) is 6.36. The van der Waals surface area contributed by atoms with Crippen LogP contribution in [0, 0.1) is 0 Å². The van der Waals surface area contributed by atoms with Crippen molar-refractivity contribution in [1.29, 1.82) is 0 Å². The smallest absolute Gasteiger partial charge is 0.0461 e. The zero-order valence-corrected chi connectivity index (χ0v) is 22.2. The maximum absolute atomic E-state index is 4.24. The minimum Gasteiger partial charge on any atom is -0.311 e. The first kappa shape index (κ1) is 26.9. The topological polar surface area (TPSA) is 3.24 Å². The van der Waals surface area contributed by atoms with E-state index in [4.69, 9.17) is 0 Å². The van der Waals surface area contributed by atoms with Crippen LogP contribution in [-0.2, 0) is 0 Å². The molecule has 0 atom stereocenters. The molecule has 0 saturated heterocycles. The zero-order valence-electron chi connectivity index (χ0n) is 22.2. The Morgan fingerprint density at radius 1 is 0.513 bits per heavy atom. The van der Waals surface area contributed by atoms with Crippen LogP contribution in [0.5, 0.6) is 0 Å². The highest BCUT2D eigenvalue weighted by atomic mass is 15.1. The summed E-state index contributed by atoms with van der Waals surface area (Å²) in [6, 6.07) is 42.6. The summed E-state index contributed by atoms with van der Waals surface area (Å²) in [5.41, 5.74) is 7.77. The predicted molar refractivity (Wildman–Crippen MR) is 172 cm³/mol. The molecule has 39 heavy (non-hydrogen) atoms. The lowest BCUT2D eigenvalue weighted by atomic mass is 9.98. The summed E-state index contributed by atoms with van der Waals surface area (Å²) in [5, 5.41) is 2.51. The first-order valence-electron chi connectivity index (χ1n) is 12.9. The van der Waals surface area contributed by atoms with Gasteiger partial charge >= 0.3 is 0 Å². The number of hydrogen-bond acceptors (Lipinski definition) is 1. The minimum absolute atomic E-state index is 0.834. The Balaban J connectivity index is 0.000000531. The molecule has 1 nitrogen and oxygen atoms in total. The molecule has 5 aromatic carbocycles. The summed E-state index contributed by atoms with van der Waals surface area (Å²) < 4.78 is 0.